The van der Waals surface area contributed by atoms with Gasteiger partial charge in [0.05, 0.1) is 9.79 Å². The van der Waals surface area contributed by atoms with Crippen molar-refractivity contribution in [3.05, 3.63) is 210 Å². The smallest absolute Gasteiger partial charge is 0.142 e. The maximum absolute atomic E-state index is 6.56. The van der Waals surface area contributed by atoms with Gasteiger partial charge in [0.15, 0.2) is 0 Å². The van der Waals surface area contributed by atoms with Crippen LogP contribution in [0.15, 0.2) is 192 Å². The van der Waals surface area contributed by atoms with E-state index in [4.69, 9.17) is 4.74 Å². The lowest BCUT2D eigenvalue weighted by molar-refractivity contribution is 0.454. The maximum Gasteiger partial charge on any atom is 0.142 e. The normalized spacial score (nSPS) is 16.4. The molecule has 2 nitrogen and oxygen atoms in total. The molecule has 0 aromatic heterocycles. The monoisotopic (exact) mass is 737 g/mol. The van der Waals surface area contributed by atoms with Crippen LogP contribution in [-0.4, -0.2) is 0 Å². The Labute approximate surface area is 333 Å². The summed E-state index contributed by atoms with van der Waals surface area (Å²) < 4.78 is 6.56. The highest BCUT2D eigenvalue weighted by Crippen LogP contribution is 2.61. The molecule has 0 fully saturated rings. The lowest BCUT2D eigenvalue weighted by atomic mass is 9.74. The maximum atomic E-state index is 6.56. The molecule has 1 atom stereocenters. The van der Waals surface area contributed by atoms with E-state index in [0.29, 0.717) is 0 Å². The first kappa shape index (κ1) is 33.1. The van der Waals surface area contributed by atoms with Crippen LogP contribution in [0.25, 0.3) is 33.4 Å². The molecule has 0 radical (unpaired) electrons. The van der Waals surface area contributed by atoms with Crippen molar-refractivity contribution in [1.29, 1.82) is 0 Å². The topological polar surface area (TPSA) is 12.5 Å². The Bertz CT molecular complexity index is 2840. The molecule has 56 heavy (non-hydrogen) atoms. The molecule has 268 valence electrons. The summed E-state index contributed by atoms with van der Waals surface area (Å²) in [6.45, 7) is 7.12. The molecule has 2 aliphatic carbocycles. The number of benzene rings is 8. The second-order valence-corrected chi connectivity index (χ2v) is 16.9. The number of hydrogen-bond donors (Lipinski definition) is 0. The summed E-state index contributed by atoms with van der Waals surface area (Å²) in [6, 6.07) is 66.6. The molecule has 8 aromatic rings. The van der Waals surface area contributed by atoms with Gasteiger partial charge in [-0.1, -0.05) is 153 Å². The molecule has 0 amide bonds. The number of fused-ring (bicyclic) bond motifs is 9. The molecule has 0 bridgehead atoms. The van der Waals surface area contributed by atoms with Crippen LogP contribution >= 0.6 is 11.8 Å². The van der Waals surface area contributed by atoms with Gasteiger partial charge in [-0.15, -0.1) is 0 Å². The van der Waals surface area contributed by atoms with Crippen molar-refractivity contribution < 1.29 is 4.74 Å². The summed E-state index contributed by atoms with van der Waals surface area (Å²) in [6.07, 6.45) is 0. The van der Waals surface area contributed by atoms with Gasteiger partial charge in [-0.3, -0.25) is 0 Å². The van der Waals surface area contributed by atoms with Crippen LogP contribution in [0.2, 0.25) is 0 Å². The zero-order valence-electron chi connectivity index (χ0n) is 31.6. The van der Waals surface area contributed by atoms with Gasteiger partial charge < -0.3 is 9.64 Å². The summed E-state index contributed by atoms with van der Waals surface area (Å²) in [7, 11) is 0. The van der Waals surface area contributed by atoms with Crippen LogP contribution in [0.1, 0.15) is 48.6 Å². The number of ether oxygens (including phenoxy) is 1. The van der Waals surface area contributed by atoms with E-state index in [1.807, 2.05) is 17.8 Å². The molecule has 11 rings (SSSR count). The fourth-order valence-electron chi connectivity index (χ4n) is 9.52. The highest BCUT2D eigenvalue weighted by Gasteiger charge is 2.44. The van der Waals surface area contributed by atoms with E-state index in [1.165, 1.54) is 66.1 Å². The van der Waals surface area contributed by atoms with Gasteiger partial charge in [0.1, 0.15) is 11.5 Å². The largest absolute Gasteiger partial charge is 0.455 e. The van der Waals surface area contributed by atoms with Gasteiger partial charge >= 0.3 is 0 Å². The van der Waals surface area contributed by atoms with Crippen molar-refractivity contribution in [2.45, 2.75) is 41.4 Å². The highest BCUT2D eigenvalue weighted by molar-refractivity contribution is 7.99. The average molecular weight is 738 g/mol. The van der Waals surface area contributed by atoms with E-state index in [-0.39, 0.29) is 10.8 Å². The first-order chi connectivity index (χ1) is 27.4. The predicted octanol–water partition coefficient (Wildman–Crippen LogP) is 14.7. The fraction of sp³-hybridized carbons (Fsp3) is 0.0943. The second kappa shape index (κ2) is 12.4. The third-order valence-corrected chi connectivity index (χ3v) is 13.6. The minimum absolute atomic E-state index is 0.117. The third kappa shape index (κ3) is 4.84. The van der Waals surface area contributed by atoms with E-state index in [0.717, 1.165) is 33.5 Å². The van der Waals surface area contributed by atoms with Crippen LogP contribution in [-0.2, 0) is 10.8 Å². The summed E-state index contributed by atoms with van der Waals surface area (Å²) in [5, 5.41) is 0. The van der Waals surface area contributed by atoms with Gasteiger partial charge in [0.25, 0.3) is 0 Å². The molecule has 1 unspecified atom stereocenters. The summed E-state index contributed by atoms with van der Waals surface area (Å²) in [5.41, 5.74) is 17.1. The molecule has 8 aromatic carbocycles. The van der Waals surface area contributed by atoms with Gasteiger partial charge in [0, 0.05) is 33.5 Å². The van der Waals surface area contributed by atoms with E-state index in [2.05, 4.69) is 202 Å². The zero-order chi connectivity index (χ0) is 37.6. The van der Waals surface area contributed by atoms with Crippen LogP contribution < -0.4 is 9.64 Å². The van der Waals surface area contributed by atoms with Crippen molar-refractivity contribution in [3.63, 3.8) is 0 Å². The molecular weight excluding hydrogens is 699 g/mol. The molecule has 0 saturated carbocycles. The summed E-state index contributed by atoms with van der Waals surface area (Å²) in [5.74, 6) is 1.83. The second-order valence-electron chi connectivity index (χ2n) is 15.8. The van der Waals surface area contributed by atoms with Gasteiger partial charge in [0.2, 0.25) is 0 Å². The van der Waals surface area contributed by atoms with E-state index >= 15 is 0 Å². The number of hydrogen-bond acceptors (Lipinski definition) is 3. The van der Waals surface area contributed by atoms with Gasteiger partial charge in [-0.2, -0.15) is 0 Å². The number of nitrogens with zero attached hydrogens (tertiary/aromatic N) is 1. The van der Waals surface area contributed by atoms with Crippen LogP contribution in [0.5, 0.6) is 11.5 Å². The van der Waals surface area contributed by atoms with Crippen LogP contribution in [0.3, 0.4) is 0 Å². The van der Waals surface area contributed by atoms with Gasteiger partial charge in [-0.25, -0.2) is 0 Å². The highest BCUT2D eigenvalue weighted by atomic mass is 32.2. The number of para-hydroxylation sites is 1. The summed E-state index contributed by atoms with van der Waals surface area (Å²) >= 11 is 1.82. The Morgan fingerprint density at radius 3 is 1.84 bits per heavy atom. The molecule has 0 saturated heterocycles. The SMILES string of the molecule is CC1(C)c2ccccc2-c2ccc(N(c3ccc(-c4ccccc4)cc3)c3ccc4c(c3)C(C)(c3ccccc3)c3ccc5c(c3-4)Sc3ccccc3O5)cc21. The van der Waals surface area contributed by atoms with Crippen molar-refractivity contribution in [1.82, 2.24) is 0 Å². The van der Waals surface area contributed by atoms with Crippen molar-refractivity contribution in [2.75, 3.05) is 4.90 Å². The van der Waals surface area contributed by atoms with Crippen LogP contribution in [0.4, 0.5) is 17.1 Å². The quantitative estimate of drug-likeness (QED) is 0.175. The molecule has 1 heterocycles. The zero-order valence-corrected chi connectivity index (χ0v) is 32.4. The minimum Gasteiger partial charge on any atom is -0.455 e. The van der Waals surface area contributed by atoms with Crippen molar-refractivity contribution in [2.24, 2.45) is 0 Å². The van der Waals surface area contributed by atoms with E-state index in [9.17, 15) is 0 Å². The molecule has 3 aliphatic rings. The first-order valence-electron chi connectivity index (χ1n) is 19.4. The number of anilines is 3. The minimum atomic E-state index is -0.390. The van der Waals surface area contributed by atoms with E-state index < -0.39 is 0 Å². The lowest BCUT2D eigenvalue weighted by Crippen LogP contribution is -2.23. The van der Waals surface area contributed by atoms with E-state index in [1.54, 1.807) is 0 Å². The Kier molecular flexibility index (Phi) is 7.30. The molecular formula is C53H39NOS. The molecule has 3 heteroatoms. The average Bonchev–Trinajstić information content (AvgIpc) is 3.65. The Hall–Kier alpha value is -6.29. The standard InChI is InChI=1S/C53H39NOS/c1-52(2)43-19-11-10-18-40(43)41-28-26-38(32-45(41)52)54(37-24-22-35(23-25-37)34-14-6-4-7-15-34)39-27-29-42-46(33-39)53(3,36-16-8-5-9-17-36)44-30-31-48-51(50(42)44)56-49-21-13-12-20-47(49)55-48/h4-33H,1-3H3. The first-order valence-corrected chi connectivity index (χ1v) is 20.2. The van der Waals surface area contributed by atoms with Crippen molar-refractivity contribution >= 4 is 28.8 Å². The lowest BCUT2D eigenvalue weighted by Gasteiger charge is -2.31. The van der Waals surface area contributed by atoms with Crippen molar-refractivity contribution in [3.8, 4) is 44.9 Å². The fourth-order valence-corrected chi connectivity index (χ4v) is 10.6. The molecule has 0 spiro atoms. The molecule has 0 N–H and O–H groups in total. The predicted molar refractivity (Wildman–Crippen MR) is 232 cm³/mol. The Balaban J connectivity index is 1.11. The Morgan fingerprint density at radius 2 is 1.05 bits per heavy atom. The third-order valence-electron chi connectivity index (χ3n) is 12.4. The summed E-state index contributed by atoms with van der Waals surface area (Å²) in [4.78, 5) is 4.78. The van der Waals surface area contributed by atoms with Gasteiger partial charge in [-0.05, 0) is 117 Å². The van der Waals surface area contributed by atoms with Crippen LogP contribution in [0, 0.1) is 0 Å². The number of rotatable bonds is 5. The Morgan fingerprint density at radius 1 is 0.446 bits per heavy atom. The molecule has 1 aliphatic heterocycles.